The van der Waals surface area contributed by atoms with Gasteiger partial charge >= 0.3 is 17.9 Å². The summed E-state index contributed by atoms with van der Waals surface area (Å²) in [6, 6.07) is 0. The van der Waals surface area contributed by atoms with Crippen molar-refractivity contribution in [3.8, 4) is 0 Å². The van der Waals surface area contributed by atoms with E-state index in [0.29, 0.717) is 19.3 Å². The number of hydrogen-bond acceptors (Lipinski definition) is 6. The van der Waals surface area contributed by atoms with Crippen molar-refractivity contribution in [2.75, 3.05) is 13.2 Å². The van der Waals surface area contributed by atoms with E-state index in [-0.39, 0.29) is 31.1 Å². The normalized spacial score (nSPS) is 12.2. The lowest BCUT2D eigenvalue weighted by Gasteiger charge is -2.18. The molecule has 0 fully saturated rings. The van der Waals surface area contributed by atoms with Gasteiger partial charge in [-0.3, -0.25) is 14.4 Å². The van der Waals surface area contributed by atoms with Gasteiger partial charge in [-0.05, 0) is 77.0 Å². The van der Waals surface area contributed by atoms with Crippen LogP contribution >= 0.6 is 0 Å². The largest absolute Gasteiger partial charge is 0.462 e. The SMILES string of the molecule is CCCCC/C=C\C/C=C\CCCCCCCC(=O)O[C@@H](COC(=O)CCCCCCC/C=C\CCCCCC)COC(=O)CCCCCCCCCCCCCCCCCCC. The first kappa shape index (κ1) is 60.6. The fourth-order valence-corrected chi connectivity index (χ4v) is 7.94. The van der Waals surface area contributed by atoms with Gasteiger partial charge < -0.3 is 14.2 Å². The van der Waals surface area contributed by atoms with E-state index in [1.54, 1.807) is 0 Å². The van der Waals surface area contributed by atoms with E-state index in [0.717, 1.165) is 89.9 Å². The number of allylic oxidation sites excluding steroid dienone is 6. The molecule has 0 unspecified atom stereocenters. The third kappa shape index (κ3) is 50.5. The average Bonchev–Trinajstić information content (AvgIpc) is 3.28. The lowest BCUT2D eigenvalue weighted by Crippen LogP contribution is -2.30. The highest BCUT2D eigenvalue weighted by atomic mass is 16.6. The molecule has 0 aliphatic heterocycles. The summed E-state index contributed by atoms with van der Waals surface area (Å²) in [5, 5.41) is 0. The fraction of sp³-hybridized carbons (Fsp3) is 0.842. The highest BCUT2D eigenvalue weighted by molar-refractivity contribution is 5.71. The predicted octanol–water partition coefficient (Wildman–Crippen LogP) is 18.1. The zero-order valence-corrected chi connectivity index (χ0v) is 42.1. The van der Waals surface area contributed by atoms with E-state index in [9.17, 15) is 14.4 Å². The van der Waals surface area contributed by atoms with Crippen LogP contribution in [0.1, 0.15) is 290 Å². The molecule has 0 N–H and O–H groups in total. The molecule has 0 aromatic carbocycles. The zero-order valence-electron chi connectivity index (χ0n) is 42.1. The first-order valence-corrected chi connectivity index (χ1v) is 27.5. The minimum Gasteiger partial charge on any atom is -0.462 e. The number of unbranched alkanes of at least 4 members (excludes halogenated alkanes) is 33. The maximum Gasteiger partial charge on any atom is 0.306 e. The third-order valence-corrected chi connectivity index (χ3v) is 12.1. The maximum absolute atomic E-state index is 12.8. The Labute approximate surface area is 391 Å². The number of carbonyl (C=O) groups excluding carboxylic acids is 3. The van der Waals surface area contributed by atoms with E-state index < -0.39 is 6.10 Å². The molecule has 1 atom stereocenters. The summed E-state index contributed by atoms with van der Waals surface area (Å²) in [7, 11) is 0. The predicted molar refractivity (Wildman–Crippen MR) is 270 cm³/mol. The van der Waals surface area contributed by atoms with Crippen LogP contribution in [0.3, 0.4) is 0 Å². The van der Waals surface area contributed by atoms with Gasteiger partial charge in [-0.1, -0.05) is 231 Å². The lowest BCUT2D eigenvalue weighted by molar-refractivity contribution is -0.167. The summed E-state index contributed by atoms with van der Waals surface area (Å²) in [6.07, 6.45) is 61.3. The maximum atomic E-state index is 12.8. The van der Waals surface area contributed by atoms with Crippen LogP contribution in [0.2, 0.25) is 0 Å². The van der Waals surface area contributed by atoms with Gasteiger partial charge in [-0.2, -0.15) is 0 Å². The van der Waals surface area contributed by atoms with Gasteiger partial charge in [0.1, 0.15) is 13.2 Å². The molecule has 0 aromatic heterocycles. The van der Waals surface area contributed by atoms with Crippen LogP contribution in [0.5, 0.6) is 0 Å². The molecule has 0 rings (SSSR count). The first-order chi connectivity index (χ1) is 31.0. The van der Waals surface area contributed by atoms with Gasteiger partial charge in [-0.15, -0.1) is 0 Å². The average molecular weight is 885 g/mol. The molecule has 6 heteroatoms. The van der Waals surface area contributed by atoms with E-state index in [1.807, 2.05) is 0 Å². The zero-order chi connectivity index (χ0) is 45.8. The van der Waals surface area contributed by atoms with Crippen molar-refractivity contribution in [2.24, 2.45) is 0 Å². The van der Waals surface area contributed by atoms with Crippen LogP contribution in [-0.2, 0) is 28.6 Å². The topological polar surface area (TPSA) is 78.9 Å². The van der Waals surface area contributed by atoms with Gasteiger partial charge in [0.2, 0.25) is 0 Å². The molecular weight excluding hydrogens is 781 g/mol. The van der Waals surface area contributed by atoms with Crippen LogP contribution in [-0.4, -0.2) is 37.2 Å². The van der Waals surface area contributed by atoms with Crippen LogP contribution in [0, 0.1) is 0 Å². The molecule has 0 aliphatic carbocycles. The molecule has 368 valence electrons. The molecular formula is C57H104O6. The van der Waals surface area contributed by atoms with Gasteiger partial charge in [0, 0.05) is 19.3 Å². The first-order valence-electron chi connectivity index (χ1n) is 27.5. The van der Waals surface area contributed by atoms with E-state index in [2.05, 4.69) is 57.2 Å². The number of rotatable bonds is 50. The molecule has 0 spiro atoms. The molecule has 0 radical (unpaired) electrons. The standard InChI is InChI=1S/C57H104O6/c1-4-7-10-13-16-19-22-25-27-28-30-32-35-38-41-44-47-50-56(59)62-53-54(52-61-55(58)49-46-43-40-37-34-31-24-21-18-15-12-9-6-3)63-57(60)51-48-45-42-39-36-33-29-26-23-20-17-14-11-8-5-2/h17,20-21,24,26,29,54H,4-16,18-19,22-23,25,27-28,30-53H2,1-3H3/b20-17-,24-21-,29-26-/t54-/m0/s1. The highest BCUT2D eigenvalue weighted by Crippen LogP contribution is 2.16. The van der Waals surface area contributed by atoms with Crippen molar-refractivity contribution in [1.29, 1.82) is 0 Å². The van der Waals surface area contributed by atoms with Crippen molar-refractivity contribution < 1.29 is 28.6 Å². The monoisotopic (exact) mass is 885 g/mol. The smallest absolute Gasteiger partial charge is 0.306 e. The molecule has 63 heavy (non-hydrogen) atoms. The molecule has 0 aromatic rings. The lowest BCUT2D eigenvalue weighted by atomic mass is 10.0. The molecule has 6 nitrogen and oxygen atoms in total. The quantitative estimate of drug-likeness (QED) is 0.0262. The summed E-state index contributed by atoms with van der Waals surface area (Å²) in [5.41, 5.74) is 0. The number of ether oxygens (including phenoxy) is 3. The van der Waals surface area contributed by atoms with Crippen molar-refractivity contribution in [1.82, 2.24) is 0 Å². The van der Waals surface area contributed by atoms with E-state index in [1.165, 1.54) is 161 Å². The number of carbonyl (C=O) groups is 3. The van der Waals surface area contributed by atoms with Crippen LogP contribution in [0.25, 0.3) is 0 Å². The second-order valence-corrected chi connectivity index (χ2v) is 18.5. The van der Waals surface area contributed by atoms with Crippen LogP contribution < -0.4 is 0 Å². The summed E-state index contributed by atoms with van der Waals surface area (Å²) in [5.74, 6) is -0.887. The second kappa shape index (κ2) is 52.3. The van der Waals surface area contributed by atoms with Crippen LogP contribution in [0.15, 0.2) is 36.5 Å². The van der Waals surface area contributed by atoms with Crippen molar-refractivity contribution in [3.63, 3.8) is 0 Å². The second-order valence-electron chi connectivity index (χ2n) is 18.5. The molecule has 0 aliphatic rings. The molecule has 0 bridgehead atoms. The molecule has 0 heterocycles. The number of hydrogen-bond donors (Lipinski definition) is 0. The molecule has 0 amide bonds. The molecule has 0 saturated carbocycles. The Morgan fingerprint density at radius 1 is 0.317 bits per heavy atom. The van der Waals surface area contributed by atoms with Crippen molar-refractivity contribution in [2.45, 2.75) is 297 Å². The minimum absolute atomic E-state index is 0.0772. The van der Waals surface area contributed by atoms with Crippen molar-refractivity contribution in [3.05, 3.63) is 36.5 Å². The summed E-state index contributed by atoms with van der Waals surface area (Å²) in [4.78, 5) is 38.0. The summed E-state index contributed by atoms with van der Waals surface area (Å²) >= 11 is 0. The number of esters is 3. The fourth-order valence-electron chi connectivity index (χ4n) is 7.94. The Hall–Kier alpha value is -2.37. The van der Waals surface area contributed by atoms with Gasteiger partial charge in [0.15, 0.2) is 6.10 Å². The summed E-state index contributed by atoms with van der Waals surface area (Å²) < 4.78 is 16.8. The summed E-state index contributed by atoms with van der Waals surface area (Å²) in [6.45, 7) is 6.61. The van der Waals surface area contributed by atoms with Crippen molar-refractivity contribution >= 4 is 17.9 Å². The minimum atomic E-state index is -0.779. The van der Waals surface area contributed by atoms with Crippen LogP contribution in [0.4, 0.5) is 0 Å². The van der Waals surface area contributed by atoms with E-state index in [4.69, 9.17) is 14.2 Å². The van der Waals surface area contributed by atoms with Gasteiger partial charge in [0.25, 0.3) is 0 Å². The van der Waals surface area contributed by atoms with Gasteiger partial charge in [-0.25, -0.2) is 0 Å². The third-order valence-electron chi connectivity index (χ3n) is 12.1. The Bertz CT molecular complexity index is 1060. The Morgan fingerprint density at radius 2 is 0.571 bits per heavy atom. The Morgan fingerprint density at radius 3 is 0.937 bits per heavy atom. The van der Waals surface area contributed by atoms with E-state index >= 15 is 0 Å². The Balaban J connectivity index is 4.36. The Kier molecular flexibility index (Phi) is 50.3. The highest BCUT2D eigenvalue weighted by Gasteiger charge is 2.19. The van der Waals surface area contributed by atoms with Gasteiger partial charge in [0.05, 0.1) is 0 Å². The molecule has 0 saturated heterocycles.